The zero-order valence-electron chi connectivity index (χ0n) is 13.2. The quantitative estimate of drug-likeness (QED) is 0.804. The Labute approximate surface area is 143 Å². The van der Waals surface area contributed by atoms with E-state index in [9.17, 15) is 4.79 Å². The van der Waals surface area contributed by atoms with Crippen LogP contribution in [0.1, 0.15) is 17.2 Å². The second kappa shape index (κ2) is 10.1. The first-order valence-electron chi connectivity index (χ1n) is 7.36. The Morgan fingerprint density at radius 3 is 2.82 bits per heavy atom. The van der Waals surface area contributed by atoms with Gasteiger partial charge in [-0.3, -0.25) is 4.79 Å². The standard InChI is InChI=1S/C16H24N2O2S.ClH/c1-13-3-5-14(6-4-13)15-12-21-10-8-18(15)16(19)11-17-7-9-20-2;/h3-6,15,17H,7-12H2,1-2H3;1H. The zero-order valence-corrected chi connectivity index (χ0v) is 14.8. The Morgan fingerprint density at radius 1 is 1.41 bits per heavy atom. The summed E-state index contributed by atoms with van der Waals surface area (Å²) in [4.78, 5) is 14.4. The van der Waals surface area contributed by atoms with Gasteiger partial charge in [-0.25, -0.2) is 0 Å². The number of carbonyl (C=O) groups excluding carboxylic acids is 1. The smallest absolute Gasteiger partial charge is 0.237 e. The average molecular weight is 345 g/mol. The van der Waals surface area contributed by atoms with E-state index < -0.39 is 0 Å². The number of thioether (sulfide) groups is 1. The molecule has 0 spiro atoms. The van der Waals surface area contributed by atoms with Crippen molar-refractivity contribution >= 4 is 30.1 Å². The van der Waals surface area contributed by atoms with Crippen molar-refractivity contribution in [3.63, 3.8) is 0 Å². The normalized spacial score (nSPS) is 17.9. The van der Waals surface area contributed by atoms with Crippen LogP contribution in [-0.2, 0) is 9.53 Å². The van der Waals surface area contributed by atoms with Crippen molar-refractivity contribution in [1.29, 1.82) is 0 Å². The lowest BCUT2D eigenvalue weighted by molar-refractivity contribution is -0.132. The number of nitrogens with zero attached hydrogens (tertiary/aromatic N) is 1. The van der Waals surface area contributed by atoms with Gasteiger partial charge in [-0.15, -0.1) is 12.4 Å². The second-order valence-electron chi connectivity index (χ2n) is 5.26. The lowest BCUT2D eigenvalue weighted by atomic mass is 10.0. The van der Waals surface area contributed by atoms with Gasteiger partial charge in [-0.05, 0) is 12.5 Å². The van der Waals surface area contributed by atoms with Crippen molar-refractivity contribution in [3.05, 3.63) is 35.4 Å². The molecule has 1 heterocycles. The minimum atomic E-state index is 0. The predicted molar refractivity (Wildman–Crippen MR) is 95.0 cm³/mol. The van der Waals surface area contributed by atoms with Gasteiger partial charge in [0, 0.05) is 31.7 Å². The summed E-state index contributed by atoms with van der Waals surface area (Å²) < 4.78 is 4.98. The van der Waals surface area contributed by atoms with E-state index in [1.54, 1.807) is 7.11 Å². The number of carbonyl (C=O) groups is 1. The lowest BCUT2D eigenvalue weighted by Crippen LogP contribution is -2.45. The van der Waals surface area contributed by atoms with Crippen LogP contribution >= 0.6 is 24.2 Å². The second-order valence-corrected chi connectivity index (χ2v) is 6.41. The van der Waals surface area contributed by atoms with E-state index in [1.165, 1.54) is 11.1 Å². The minimum Gasteiger partial charge on any atom is -0.383 e. The minimum absolute atomic E-state index is 0. The highest BCUT2D eigenvalue weighted by Crippen LogP contribution is 2.29. The first-order chi connectivity index (χ1) is 10.2. The number of methoxy groups -OCH3 is 1. The number of ether oxygens (including phenoxy) is 1. The van der Waals surface area contributed by atoms with Crippen LogP contribution in [0, 0.1) is 6.92 Å². The number of aryl methyl sites for hydroxylation is 1. The molecule has 0 bridgehead atoms. The monoisotopic (exact) mass is 344 g/mol. The van der Waals surface area contributed by atoms with Crippen molar-refractivity contribution in [2.75, 3.05) is 44.9 Å². The summed E-state index contributed by atoms with van der Waals surface area (Å²) in [7, 11) is 1.67. The third kappa shape index (κ3) is 5.47. The van der Waals surface area contributed by atoms with E-state index in [0.717, 1.165) is 18.1 Å². The topological polar surface area (TPSA) is 41.6 Å². The van der Waals surface area contributed by atoms with Crippen LogP contribution in [0.5, 0.6) is 0 Å². The Balaban J connectivity index is 0.00000242. The van der Waals surface area contributed by atoms with Crippen LogP contribution in [0.25, 0.3) is 0 Å². The van der Waals surface area contributed by atoms with E-state index in [2.05, 4.69) is 36.5 Å². The van der Waals surface area contributed by atoms with E-state index >= 15 is 0 Å². The summed E-state index contributed by atoms with van der Waals surface area (Å²) in [6.07, 6.45) is 0. The average Bonchev–Trinajstić information content (AvgIpc) is 2.52. The van der Waals surface area contributed by atoms with Gasteiger partial charge in [-0.1, -0.05) is 29.8 Å². The van der Waals surface area contributed by atoms with Crippen LogP contribution in [0.4, 0.5) is 0 Å². The molecule has 0 aromatic heterocycles. The molecule has 1 atom stereocenters. The zero-order chi connectivity index (χ0) is 15.1. The summed E-state index contributed by atoms with van der Waals surface area (Å²) in [6, 6.07) is 8.72. The number of rotatable bonds is 6. The van der Waals surface area contributed by atoms with Gasteiger partial charge in [0.15, 0.2) is 0 Å². The maximum Gasteiger partial charge on any atom is 0.237 e. The number of hydrogen-bond acceptors (Lipinski definition) is 4. The van der Waals surface area contributed by atoms with E-state index in [-0.39, 0.29) is 24.4 Å². The molecule has 0 saturated carbocycles. The molecule has 22 heavy (non-hydrogen) atoms. The molecule has 1 amide bonds. The maximum atomic E-state index is 12.4. The maximum absolute atomic E-state index is 12.4. The molecule has 0 radical (unpaired) electrons. The van der Waals surface area contributed by atoms with Gasteiger partial charge in [0.2, 0.25) is 5.91 Å². The SMILES string of the molecule is COCCNCC(=O)N1CCSCC1c1ccc(C)cc1.Cl. The summed E-state index contributed by atoms with van der Waals surface area (Å²) >= 11 is 1.92. The molecular formula is C16H25ClN2O2S. The van der Waals surface area contributed by atoms with E-state index in [4.69, 9.17) is 4.74 Å². The van der Waals surface area contributed by atoms with Gasteiger partial charge < -0.3 is 15.0 Å². The van der Waals surface area contributed by atoms with Crippen molar-refractivity contribution in [2.24, 2.45) is 0 Å². The van der Waals surface area contributed by atoms with Crippen molar-refractivity contribution in [3.8, 4) is 0 Å². The molecule has 2 rings (SSSR count). The molecule has 124 valence electrons. The van der Waals surface area contributed by atoms with Gasteiger partial charge in [0.1, 0.15) is 0 Å². The van der Waals surface area contributed by atoms with Crippen molar-refractivity contribution in [1.82, 2.24) is 10.2 Å². The van der Waals surface area contributed by atoms with Crippen molar-refractivity contribution < 1.29 is 9.53 Å². The highest BCUT2D eigenvalue weighted by molar-refractivity contribution is 7.99. The lowest BCUT2D eigenvalue weighted by Gasteiger charge is -2.36. The Hall–Kier alpha value is -0.750. The molecule has 1 aliphatic heterocycles. The fraction of sp³-hybridized carbons (Fsp3) is 0.562. The number of nitrogens with one attached hydrogen (secondary N) is 1. The summed E-state index contributed by atoms with van der Waals surface area (Å²) in [5, 5.41) is 3.14. The fourth-order valence-corrected chi connectivity index (χ4v) is 3.53. The van der Waals surface area contributed by atoms with Gasteiger partial charge in [0.25, 0.3) is 0 Å². The Kier molecular flexibility index (Phi) is 8.86. The molecule has 1 aromatic carbocycles. The molecule has 1 aromatic rings. The molecule has 1 N–H and O–H groups in total. The number of benzene rings is 1. The van der Waals surface area contributed by atoms with Crippen LogP contribution in [0.2, 0.25) is 0 Å². The molecule has 1 saturated heterocycles. The van der Waals surface area contributed by atoms with Gasteiger partial charge in [0.05, 0.1) is 19.2 Å². The highest BCUT2D eigenvalue weighted by atomic mass is 35.5. The molecule has 0 aliphatic carbocycles. The van der Waals surface area contributed by atoms with Gasteiger partial charge >= 0.3 is 0 Å². The fourth-order valence-electron chi connectivity index (χ4n) is 2.44. The molecule has 6 heteroatoms. The third-order valence-electron chi connectivity index (χ3n) is 3.67. The van der Waals surface area contributed by atoms with Crippen LogP contribution in [0.15, 0.2) is 24.3 Å². The first kappa shape index (κ1) is 19.3. The summed E-state index contributed by atoms with van der Waals surface area (Å²) in [6.45, 7) is 4.64. The number of halogens is 1. The van der Waals surface area contributed by atoms with Crippen LogP contribution in [-0.4, -0.2) is 55.7 Å². The van der Waals surface area contributed by atoms with Crippen molar-refractivity contribution in [2.45, 2.75) is 13.0 Å². The third-order valence-corrected chi connectivity index (χ3v) is 4.69. The molecular weight excluding hydrogens is 320 g/mol. The highest BCUT2D eigenvalue weighted by Gasteiger charge is 2.27. The Bertz CT molecular complexity index is 456. The van der Waals surface area contributed by atoms with E-state index in [1.807, 2.05) is 16.7 Å². The number of hydrogen-bond donors (Lipinski definition) is 1. The van der Waals surface area contributed by atoms with Crippen LogP contribution in [0.3, 0.4) is 0 Å². The Morgan fingerprint density at radius 2 is 2.14 bits per heavy atom. The molecule has 1 fully saturated rings. The largest absolute Gasteiger partial charge is 0.383 e. The molecule has 4 nitrogen and oxygen atoms in total. The van der Waals surface area contributed by atoms with E-state index in [0.29, 0.717) is 19.7 Å². The predicted octanol–water partition coefficient (Wildman–Crippen LogP) is 2.27. The van der Waals surface area contributed by atoms with Crippen LogP contribution < -0.4 is 5.32 Å². The first-order valence-corrected chi connectivity index (χ1v) is 8.51. The number of amides is 1. The summed E-state index contributed by atoms with van der Waals surface area (Å²) in [5.74, 6) is 2.18. The molecule has 1 aliphatic rings. The van der Waals surface area contributed by atoms with Gasteiger partial charge in [-0.2, -0.15) is 11.8 Å². The molecule has 1 unspecified atom stereocenters. The summed E-state index contributed by atoms with van der Waals surface area (Å²) in [5.41, 5.74) is 2.49.